The van der Waals surface area contributed by atoms with E-state index in [0.717, 1.165) is 47.9 Å². The van der Waals surface area contributed by atoms with Crippen molar-refractivity contribution in [1.29, 1.82) is 0 Å². The van der Waals surface area contributed by atoms with E-state index in [1.807, 2.05) is 72.8 Å². The third-order valence-electron chi connectivity index (χ3n) is 8.80. The zero-order valence-corrected chi connectivity index (χ0v) is 26.0. The van der Waals surface area contributed by atoms with E-state index >= 15 is 0 Å². The van der Waals surface area contributed by atoms with Crippen molar-refractivity contribution in [3.63, 3.8) is 0 Å². The number of cyclic esters (lactones) is 1. The number of hydrogen-bond donors (Lipinski definition) is 0. The number of carbonyl (C=O) groups is 2. The fourth-order valence-electron chi connectivity index (χ4n) is 6.33. The first-order chi connectivity index (χ1) is 22.6. The lowest BCUT2D eigenvalue weighted by molar-refractivity contribution is -0.194. The van der Waals surface area contributed by atoms with Gasteiger partial charge in [-0.3, -0.25) is 4.79 Å². The molecule has 232 valence electrons. The van der Waals surface area contributed by atoms with E-state index in [9.17, 15) is 9.59 Å². The molecule has 0 aromatic heterocycles. The number of methoxy groups -OCH3 is 1. The second-order valence-electron chi connectivity index (χ2n) is 11.7. The number of ether oxygens (including phenoxy) is 3. The Bertz CT molecular complexity index is 1650. The molecule has 5 aromatic rings. The van der Waals surface area contributed by atoms with Gasteiger partial charge in [0.15, 0.2) is 0 Å². The van der Waals surface area contributed by atoms with Crippen LogP contribution in [0.1, 0.15) is 50.2 Å². The van der Waals surface area contributed by atoms with E-state index in [2.05, 4.69) is 60.7 Å². The summed E-state index contributed by atoms with van der Waals surface area (Å²) in [4.78, 5) is 24.7. The van der Waals surface area contributed by atoms with Crippen molar-refractivity contribution >= 4 is 11.9 Å². The summed E-state index contributed by atoms with van der Waals surface area (Å²) in [6.45, 7) is 0.243. The molecule has 1 heterocycles. The molecule has 0 radical (unpaired) electrons. The monoisotopic (exact) mass is 610 g/mol. The number of hydrogen-bond acceptors (Lipinski definition) is 5. The number of rotatable bonds is 13. The van der Waals surface area contributed by atoms with Crippen molar-refractivity contribution in [2.45, 2.75) is 37.4 Å². The van der Waals surface area contributed by atoms with Crippen LogP contribution in [0.4, 0.5) is 0 Å². The fraction of sp³-hybridized carbons (Fsp3) is 0.220. The Morgan fingerprint density at radius 1 is 0.652 bits per heavy atom. The second-order valence-corrected chi connectivity index (χ2v) is 11.7. The van der Waals surface area contributed by atoms with Crippen LogP contribution in [0.3, 0.4) is 0 Å². The summed E-state index contributed by atoms with van der Waals surface area (Å²) < 4.78 is 17.5. The molecule has 1 saturated heterocycles. The molecular formula is C41H38O5. The van der Waals surface area contributed by atoms with Crippen molar-refractivity contribution in [1.82, 2.24) is 0 Å². The molecule has 1 aliphatic rings. The van der Waals surface area contributed by atoms with E-state index in [1.165, 1.54) is 18.2 Å². The number of aryl methyl sites for hydroxylation is 3. The van der Waals surface area contributed by atoms with Crippen LogP contribution in [0.5, 0.6) is 0 Å². The standard InChI is InChI=1S/C41H38O5/c1-44-39(42)33-16-12-15-32(28-33)24-23-30-13-11-14-31(27-30)25-26-38-37(40(43)46-38)29-45-41(34-17-5-2-6-18-34,35-19-7-3-8-20-35)36-21-9-4-10-22-36/h2-22,27-28,37-38H,23-26,29H2,1H3/t37-,38-/m1/s1. The lowest BCUT2D eigenvalue weighted by Crippen LogP contribution is -2.49. The van der Waals surface area contributed by atoms with Gasteiger partial charge in [-0.25, -0.2) is 4.79 Å². The molecular weight excluding hydrogens is 572 g/mol. The average molecular weight is 611 g/mol. The van der Waals surface area contributed by atoms with Gasteiger partial charge in [0.25, 0.3) is 0 Å². The highest BCUT2D eigenvalue weighted by molar-refractivity contribution is 5.89. The molecule has 0 spiro atoms. The van der Waals surface area contributed by atoms with Gasteiger partial charge in [-0.2, -0.15) is 0 Å². The molecule has 5 heteroatoms. The molecule has 0 amide bonds. The first-order valence-electron chi connectivity index (χ1n) is 15.8. The van der Waals surface area contributed by atoms with Gasteiger partial charge in [-0.05, 0) is 71.2 Å². The maximum absolute atomic E-state index is 12.8. The smallest absolute Gasteiger partial charge is 0.337 e. The maximum atomic E-state index is 12.8. The predicted octanol–water partition coefficient (Wildman–Crippen LogP) is 7.74. The van der Waals surface area contributed by atoms with Crippen LogP contribution >= 0.6 is 0 Å². The zero-order valence-electron chi connectivity index (χ0n) is 26.0. The van der Waals surface area contributed by atoms with Crippen molar-refractivity contribution in [3.8, 4) is 0 Å². The molecule has 5 nitrogen and oxygen atoms in total. The summed E-state index contributed by atoms with van der Waals surface area (Å²) in [7, 11) is 1.40. The predicted molar refractivity (Wildman–Crippen MR) is 178 cm³/mol. The highest BCUT2D eigenvalue weighted by Gasteiger charge is 2.45. The van der Waals surface area contributed by atoms with Crippen molar-refractivity contribution in [2.24, 2.45) is 5.92 Å². The van der Waals surface area contributed by atoms with Crippen LogP contribution in [0.2, 0.25) is 0 Å². The minimum absolute atomic E-state index is 0.211. The molecule has 0 aliphatic carbocycles. The zero-order chi connectivity index (χ0) is 31.8. The van der Waals surface area contributed by atoms with Gasteiger partial charge >= 0.3 is 11.9 Å². The summed E-state index contributed by atoms with van der Waals surface area (Å²) in [5, 5.41) is 0. The Morgan fingerprint density at radius 3 is 1.67 bits per heavy atom. The van der Waals surface area contributed by atoms with Crippen LogP contribution < -0.4 is 0 Å². The molecule has 1 fully saturated rings. The Morgan fingerprint density at radius 2 is 1.15 bits per heavy atom. The lowest BCUT2D eigenvalue weighted by atomic mass is 9.79. The molecule has 0 unspecified atom stereocenters. The van der Waals surface area contributed by atoms with Crippen LogP contribution in [-0.4, -0.2) is 31.8 Å². The van der Waals surface area contributed by atoms with Gasteiger partial charge in [-0.15, -0.1) is 0 Å². The molecule has 1 aliphatic heterocycles. The van der Waals surface area contributed by atoms with Gasteiger partial charge < -0.3 is 14.2 Å². The molecule has 46 heavy (non-hydrogen) atoms. The normalized spacial score (nSPS) is 15.9. The van der Waals surface area contributed by atoms with Gasteiger partial charge in [0.05, 0.1) is 19.3 Å². The minimum atomic E-state index is -0.880. The number of esters is 2. The quantitative estimate of drug-likeness (QED) is 0.101. The van der Waals surface area contributed by atoms with Crippen molar-refractivity contribution in [2.75, 3.05) is 13.7 Å². The Labute approximate surface area is 270 Å². The maximum Gasteiger partial charge on any atom is 0.337 e. The lowest BCUT2D eigenvalue weighted by Gasteiger charge is -2.40. The fourth-order valence-corrected chi connectivity index (χ4v) is 6.33. The third kappa shape index (κ3) is 6.80. The van der Waals surface area contributed by atoms with Crippen molar-refractivity contribution in [3.05, 3.63) is 178 Å². The topological polar surface area (TPSA) is 61.8 Å². The third-order valence-corrected chi connectivity index (χ3v) is 8.80. The molecule has 0 bridgehead atoms. The molecule has 0 saturated carbocycles. The van der Waals surface area contributed by atoms with Crippen LogP contribution in [-0.2, 0) is 43.9 Å². The molecule has 0 N–H and O–H groups in total. The van der Waals surface area contributed by atoms with Gasteiger partial charge in [0.1, 0.15) is 17.6 Å². The number of benzene rings is 5. The van der Waals surface area contributed by atoms with Crippen LogP contribution in [0.15, 0.2) is 140 Å². The van der Waals surface area contributed by atoms with E-state index in [-0.39, 0.29) is 30.6 Å². The summed E-state index contributed by atoms with van der Waals surface area (Å²) >= 11 is 0. The number of carbonyl (C=O) groups excluding carboxylic acids is 2. The first kappa shape index (κ1) is 31.0. The summed E-state index contributed by atoms with van der Waals surface area (Å²) in [6, 6.07) is 46.8. The SMILES string of the molecule is COC(=O)c1cccc(CCc2cccc(CC[C@H]3OC(=O)[C@@H]3COC(c3ccccc3)(c3ccccc3)c3ccccc3)c2)c1. The summed E-state index contributed by atoms with van der Waals surface area (Å²) in [5.41, 5.74) is 6.22. The van der Waals surface area contributed by atoms with E-state index in [0.29, 0.717) is 5.56 Å². The highest BCUT2D eigenvalue weighted by atomic mass is 16.6. The average Bonchev–Trinajstić information content (AvgIpc) is 3.12. The molecule has 6 rings (SSSR count). The first-order valence-corrected chi connectivity index (χ1v) is 15.8. The van der Waals surface area contributed by atoms with Gasteiger partial charge in [0.2, 0.25) is 0 Å². The van der Waals surface area contributed by atoms with Gasteiger partial charge in [0, 0.05) is 0 Å². The van der Waals surface area contributed by atoms with Crippen molar-refractivity contribution < 1.29 is 23.8 Å². The van der Waals surface area contributed by atoms with Crippen LogP contribution in [0, 0.1) is 5.92 Å². The Hall–Kier alpha value is -5.00. The minimum Gasteiger partial charge on any atom is -0.465 e. The van der Waals surface area contributed by atoms with Gasteiger partial charge in [-0.1, -0.05) is 127 Å². The largest absolute Gasteiger partial charge is 0.465 e. The summed E-state index contributed by atoms with van der Waals surface area (Å²) in [5.74, 6) is -0.882. The molecule has 2 atom stereocenters. The highest BCUT2D eigenvalue weighted by Crippen LogP contribution is 2.42. The Kier molecular flexibility index (Phi) is 9.70. The second kappa shape index (κ2) is 14.4. The summed E-state index contributed by atoms with van der Waals surface area (Å²) in [6.07, 6.45) is 2.98. The van der Waals surface area contributed by atoms with E-state index in [1.54, 1.807) is 6.07 Å². The Balaban J connectivity index is 1.14. The molecule has 5 aromatic carbocycles. The van der Waals surface area contributed by atoms with E-state index < -0.39 is 5.60 Å². The van der Waals surface area contributed by atoms with E-state index in [4.69, 9.17) is 14.2 Å². The van der Waals surface area contributed by atoms with Crippen LogP contribution in [0.25, 0.3) is 0 Å².